The first kappa shape index (κ1) is 16.4. The van der Waals surface area contributed by atoms with Gasteiger partial charge in [0, 0.05) is 17.0 Å². The van der Waals surface area contributed by atoms with E-state index < -0.39 is 0 Å². The van der Waals surface area contributed by atoms with Crippen molar-refractivity contribution in [2.75, 3.05) is 6.61 Å². The molecule has 2 heterocycles. The molecule has 1 aliphatic carbocycles. The van der Waals surface area contributed by atoms with Gasteiger partial charge in [-0.2, -0.15) is 0 Å². The summed E-state index contributed by atoms with van der Waals surface area (Å²) in [7, 11) is 0. The van der Waals surface area contributed by atoms with Crippen LogP contribution in [0.4, 0.5) is 0 Å². The van der Waals surface area contributed by atoms with E-state index in [2.05, 4.69) is 61.1 Å². The lowest BCUT2D eigenvalue weighted by molar-refractivity contribution is 0.0848. The van der Waals surface area contributed by atoms with Crippen molar-refractivity contribution < 1.29 is 4.74 Å². The van der Waals surface area contributed by atoms with Crippen LogP contribution in [0.25, 0.3) is 11.3 Å². The topological polar surface area (TPSA) is 39.9 Å². The Kier molecular flexibility index (Phi) is 4.13. The molecule has 25 heavy (non-hydrogen) atoms. The number of aryl methyl sites for hydroxylation is 1. The third kappa shape index (κ3) is 3.93. The van der Waals surface area contributed by atoms with Gasteiger partial charge in [0.05, 0.1) is 25.5 Å². The molecule has 0 spiro atoms. The van der Waals surface area contributed by atoms with Crippen molar-refractivity contribution in [3.63, 3.8) is 0 Å². The van der Waals surface area contributed by atoms with E-state index in [1.807, 2.05) is 10.9 Å². The maximum Gasteiger partial charge on any atom is 0.113 e. The average Bonchev–Trinajstić information content (AvgIpc) is 3.18. The van der Waals surface area contributed by atoms with Crippen LogP contribution in [0, 0.1) is 30.1 Å². The second kappa shape index (κ2) is 6.31. The third-order valence-corrected chi connectivity index (χ3v) is 4.92. The normalized spacial score (nSPS) is 21.8. The molecular weight excluding hydrogens is 310 g/mol. The van der Waals surface area contributed by atoms with Gasteiger partial charge in [-0.05, 0) is 49.3 Å². The summed E-state index contributed by atoms with van der Waals surface area (Å²) in [6.45, 7) is 8.19. The van der Waals surface area contributed by atoms with Gasteiger partial charge in [-0.3, -0.25) is 0 Å². The Hall–Kier alpha value is -2.12. The molecule has 1 saturated heterocycles. The molecule has 0 bridgehead atoms. The van der Waals surface area contributed by atoms with E-state index in [-0.39, 0.29) is 11.5 Å². The van der Waals surface area contributed by atoms with Crippen LogP contribution >= 0.6 is 0 Å². The minimum atomic E-state index is 0.228. The second-order valence-corrected chi connectivity index (χ2v) is 8.20. The smallest absolute Gasteiger partial charge is 0.113 e. The van der Waals surface area contributed by atoms with E-state index in [4.69, 9.17) is 4.74 Å². The highest BCUT2D eigenvalue weighted by Crippen LogP contribution is 2.32. The predicted molar refractivity (Wildman–Crippen MR) is 97.9 cm³/mol. The monoisotopic (exact) mass is 335 g/mol. The molecule has 4 rings (SSSR count). The van der Waals surface area contributed by atoms with Crippen LogP contribution < -0.4 is 0 Å². The highest BCUT2D eigenvalue weighted by atomic mass is 16.5. The van der Waals surface area contributed by atoms with Crippen molar-refractivity contribution in [3.05, 3.63) is 35.5 Å². The zero-order valence-corrected chi connectivity index (χ0v) is 15.2. The van der Waals surface area contributed by atoms with Crippen molar-refractivity contribution >= 4 is 0 Å². The lowest BCUT2D eigenvalue weighted by Gasteiger charge is -2.13. The summed E-state index contributed by atoms with van der Waals surface area (Å²) in [6, 6.07) is 6.33. The van der Waals surface area contributed by atoms with Crippen LogP contribution in [-0.2, 0) is 11.3 Å². The Morgan fingerprint density at radius 3 is 2.84 bits per heavy atom. The molecule has 1 saturated carbocycles. The maximum absolute atomic E-state index is 5.87. The summed E-state index contributed by atoms with van der Waals surface area (Å²) in [4.78, 5) is 0. The highest BCUT2D eigenvalue weighted by Gasteiger charge is 2.32. The largest absolute Gasteiger partial charge is 0.376 e. The maximum atomic E-state index is 5.87. The third-order valence-electron chi connectivity index (χ3n) is 4.92. The molecule has 2 aromatic rings. The van der Waals surface area contributed by atoms with Gasteiger partial charge < -0.3 is 4.74 Å². The lowest BCUT2D eigenvalue weighted by Crippen LogP contribution is -2.16. The van der Waals surface area contributed by atoms with Crippen LogP contribution in [0.2, 0.25) is 0 Å². The predicted octanol–water partition coefficient (Wildman–Crippen LogP) is 3.83. The summed E-state index contributed by atoms with van der Waals surface area (Å²) in [5.74, 6) is 7.22. The number of rotatable bonds is 3. The van der Waals surface area contributed by atoms with E-state index >= 15 is 0 Å². The van der Waals surface area contributed by atoms with Crippen molar-refractivity contribution in [2.24, 2.45) is 11.3 Å². The number of hydrogen-bond acceptors (Lipinski definition) is 3. The zero-order valence-electron chi connectivity index (χ0n) is 15.2. The standard InChI is InChI=1S/C21H25N3O/c1-15-10-17(7-6-16-4-5-16)8-9-19(15)20-13-24(23-22-20)12-18-11-21(2,3)14-25-18/h8-10,13,16,18H,4-5,11-12,14H2,1-3H3. The SMILES string of the molecule is Cc1cc(C#CC2CC2)ccc1-c1cn(CC2CC(C)(C)CO2)nn1. The molecule has 4 heteroatoms. The molecule has 130 valence electrons. The summed E-state index contributed by atoms with van der Waals surface area (Å²) in [6.07, 6.45) is 5.83. The number of aromatic nitrogens is 3. The van der Waals surface area contributed by atoms with Crippen LogP contribution in [0.15, 0.2) is 24.4 Å². The first-order valence-electron chi connectivity index (χ1n) is 9.13. The van der Waals surface area contributed by atoms with Gasteiger partial charge in [-0.25, -0.2) is 4.68 Å². The van der Waals surface area contributed by atoms with E-state index in [1.165, 1.54) is 18.4 Å². The summed E-state index contributed by atoms with van der Waals surface area (Å²) < 4.78 is 7.78. The molecule has 1 atom stereocenters. The van der Waals surface area contributed by atoms with Gasteiger partial charge >= 0.3 is 0 Å². The highest BCUT2D eigenvalue weighted by molar-refractivity contribution is 5.64. The molecule has 2 fully saturated rings. The van der Waals surface area contributed by atoms with Crippen molar-refractivity contribution in [2.45, 2.75) is 52.7 Å². The lowest BCUT2D eigenvalue weighted by atomic mass is 9.91. The van der Waals surface area contributed by atoms with Crippen LogP contribution in [0.5, 0.6) is 0 Å². The van der Waals surface area contributed by atoms with Crippen molar-refractivity contribution in [1.29, 1.82) is 0 Å². The Balaban J connectivity index is 1.47. The van der Waals surface area contributed by atoms with Gasteiger partial charge in [-0.1, -0.05) is 37.0 Å². The van der Waals surface area contributed by atoms with Crippen LogP contribution in [-0.4, -0.2) is 27.7 Å². The van der Waals surface area contributed by atoms with E-state index in [0.29, 0.717) is 5.92 Å². The van der Waals surface area contributed by atoms with Gasteiger partial charge in [-0.15, -0.1) is 5.10 Å². The van der Waals surface area contributed by atoms with Gasteiger partial charge in [0.25, 0.3) is 0 Å². The van der Waals surface area contributed by atoms with Gasteiger partial charge in [0.15, 0.2) is 0 Å². The molecule has 1 aliphatic heterocycles. The van der Waals surface area contributed by atoms with E-state index in [1.54, 1.807) is 0 Å². The fourth-order valence-electron chi connectivity index (χ4n) is 3.36. The Morgan fingerprint density at radius 2 is 2.16 bits per heavy atom. The quantitative estimate of drug-likeness (QED) is 0.800. The first-order valence-corrected chi connectivity index (χ1v) is 9.13. The molecular formula is C21H25N3O. The van der Waals surface area contributed by atoms with E-state index in [0.717, 1.165) is 36.4 Å². The minimum Gasteiger partial charge on any atom is -0.376 e. The molecule has 1 unspecified atom stereocenters. The average molecular weight is 335 g/mol. The first-order chi connectivity index (χ1) is 12.0. The fourth-order valence-corrected chi connectivity index (χ4v) is 3.36. The van der Waals surface area contributed by atoms with Crippen LogP contribution in [0.3, 0.4) is 0 Å². The molecule has 0 N–H and O–H groups in total. The number of benzene rings is 1. The van der Waals surface area contributed by atoms with Gasteiger partial charge in [0.2, 0.25) is 0 Å². The fraction of sp³-hybridized carbons (Fsp3) is 0.524. The van der Waals surface area contributed by atoms with Gasteiger partial charge in [0.1, 0.15) is 5.69 Å². The Morgan fingerprint density at radius 1 is 1.32 bits per heavy atom. The zero-order chi connectivity index (χ0) is 17.4. The van der Waals surface area contributed by atoms with E-state index in [9.17, 15) is 0 Å². The second-order valence-electron chi connectivity index (χ2n) is 8.20. The molecule has 0 amide bonds. The van der Waals surface area contributed by atoms with Crippen LogP contribution in [0.1, 0.15) is 44.2 Å². The number of nitrogens with zero attached hydrogens (tertiary/aromatic N) is 3. The molecule has 2 aliphatic rings. The van der Waals surface area contributed by atoms with Crippen molar-refractivity contribution in [3.8, 4) is 23.1 Å². The molecule has 1 aromatic carbocycles. The van der Waals surface area contributed by atoms with Crippen molar-refractivity contribution in [1.82, 2.24) is 15.0 Å². The number of ether oxygens (including phenoxy) is 1. The summed E-state index contributed by atoms with van der Waals surface area (Å²) in [5.41, 5.74) is 4.57. The number of hydrogen-bond donors (Lipinski definition) is 0. The Labute approximate surface area is 149 Å². The molecule has 4 nitrogen and oxygen atoms in total. The summed E-state index contributed by atoms with van der Waals surface area (Å²) >= 11 is 0. The molecule has 1 aromatic heterocycles. The minimum absolute atomic E-state index is 0.228. The Bertz CT molecular complexity index is 836. The molecule has 0 radical (unpaired) electrons. The summed E-state index contributed by atoms with van der Waals surface area (Å²) in [5, 5.41) is 8.65.